The summed E-state index contributed by atoms with van der Waals surface area (Å²) in [4.78, 5) is 26.9. The number of carbonyl (C=O) groups is 1. The lowest BCUT2D eigenvalue weighted by Crippen LogP contribution is -2.26. The summed E-state index contributed by atoms with van der Waals surface area (Å²) in [5.41, 5.74) is 3.03. The molecule has 0 amide bonds. The van der Waals surface area contributed by atoms with Gasteiger partial charge in [-0.15, -0.1) is 11.3 Å². The van der Waals surface area contributed by atoms with E-state index in [0.717, 1.165) is 35.0 Å². The molecule has 5 heterocycles. The number of aromatic nitrogens is 3. The smallest absolute Gasteiger partial charge is 0.348 e. The van der Waals surface area contributed by atoms with Gasteiger partial charge < -0.3 is 23.9 Å². The number of esters is 1. The first-order valence-electron chi connectivity index (χ1n) is 10.5. The monoisotopic (exact) mass is 466 g/mol. The van der Waals surface area contributed by atoms with Crippen molar-refractivity contribution in [1.82, 2.24) is 15.0 Å². The van der Waals surface area contributed by atoms with E-state index < -0.39 is 5.97 Å². The molecular formula is C23H22N4O5S. The molecule has 9 nitrogen and oxygen atoms in total. The summed E-state index contributed by atoms with van der Waals surface area (Å²) >= 11 is 1.28. The van der Waals surface area contributed by atoms with Crippen molar-refractivity contribution in [2.75, 3.05) is 25.6 Å². The minimum atomic E-state index is -0.392. The molecule has 0 aromatic carbocycles. The molecular weight excluding hydrogens is 444 g/mol. The Bertz CT molecular complexity index is 1280. The summed E-state index contributed by atoms with van der Waals surface area (Å²) in [7, 11) is 1.37. The van der Waals surface area contributed by atoms with Gasteiger partial charge in [-0.05, 0) is 30.7 Å². The van der Waals surface area contributed by atoms with Gasteiger partial charge in [0.05, 0.1) is 43.9 Å². The quantitative estimate of drug-likeness (QED) is 0.403. The lowest BCUT2D eigenvalue weighted by molar-refractivity contribution is 0.0241. The van der Waals surface area contributed by atoms with Gasteiger partial charge in [-0.1, -0.05) is 0 Å². The first-order chi connectivity index (χ1) is 16.1. The predicted molar refractivity (Wildman–Crippen MR) is 123 cm³/mol. The Labute approximate surface area is 193 Å². The highest BCUT2D eigenvalue weighted by molar-refractivity contribution is 7.20. The van der Waals surface area contributed by atoms with E-state index in [1.807, 2.05) is 25.1 Å². The molecule has 0 spiro atoms. The molecule has 4 aromatic rings. The minimum Gasteiger partial charge on any atom is -0.473 e. The molecule has 5 rings (SSSR count). The predicted octanol–water partition coefficient (Wildman–Crippen LogP) is 4.74. The maximum atomic E-state index is 12.2. The van der Waals surface area contributed by atoms with Crippen LogP contribution in [0.2, 0.25) is 0 Å². The van der Waals surface area contributed by atoms with Crippen molar-refractivity contribution in [3.8, 4) is 17.1 Å². The molecule has 0 atom stereocenters. The summed E-state index contributed by atoms with van der Waals surface area (Å²) in [6.45, 7) is 3.18. The van der Waals surface area contributed by atoms with Crippen molar-refractivity contribution < 1.29 is 23.4 Å². The molecule has 1 aliphatic rings. The highest BCUT2D eigenvalue weighted by atomic mass is 32.1. The lowest BCUT2D eigenvalue weighted by Gasteiger charge is -2.24. The maximum Gasteiger partial charge on any atom is 0.348 e. The zero-order valence-electron chi connectivity index (χ0n) is 18.2. The Kier molecular flexibility index (Phi) is 5.93. The van der Waals surface area contributed by atoms with E-state index in [0.29, 0.717) is 40.3 Å². The topological polar surface area (TPSA) is 109 Å². The van der Waals surface area contributed by atoms with Crippen molar-refractivity contribution in [2.45, 2.75) is 25.9 Å². The van der Waals surface area contributed by atoms with Crippen molar-refractivity contribution >= 4 is 39.0 Å². The highest BCUT2D eigenvalue weighted by Crippen LogP contribution is 2.37. The normalized spacial score (nSPS) is 14.4. The van der Waals surface area contributed by atoms with Crippen LogP contribution in [0.5, 0.6) is 5.88 Å². The van der Waals surface area contributed by atoms with E-state index in [9.17, 15) is 4.79 Å². The van der Waals surface area contributed by atoms with E-state index in [4.69, 9.17) is 23.6 Å². The first kappa shape index (κ1) is 21.4. The third kappa shape index (κ3) is 4.27. The number of pyridine rings is 1. The van der Waals surface area contributed by atoms with Crippen molar-refractivity contribution in [1.29, 1.82) is 0 Å². The van der Waals surface area contributed by atoms with Crippen LogP contribution in [0, 0.1) is 6.92 Å². The van der Waals surface area contributed by atoms with Gasteiger partial charge in [-0.3, -0.25) is 0 Å². The molecule has 1 saturated heterocycles. The van der Waals surface area contributed by atoms with E-state index in [1.165, 1.54) is 24.8 Å². The number of fused-ring (bicyclic) bond motifs is 1. The SMILES string of the molecule is COC(=O)c1sc2ncnc(Nc3ccc(-c4ccoc4)nc3OC3CCOCC3)c2c1C. The standard InChI is InChI=1S/C23H22N4O5S/c1-13-18-20(24-12-25-22(18)33-19(13)23(28)29-2)26-17-4-3-16(14-5-8-31-11-14)27-21(17)32-15-6-9-30-10-7-15/h3-5,8,11-12,15H,6-7,9-10H2,1-2H3,(H,24,25,26). The van der Waals surface area contributed by atoms with E-state index in [1.54, 1.807) is 12.5 Å². The molecule has 0 saturated carbocycles. The van der Waals surface area contributed by atoms with Gasteiger partial charge in [0.15, 0.2) is 0 Å². The second kappa shape index (κ2) is 9.16. The van der Waals surface area contributed by atoms with E-state index >= 15 is 0 Å². The molecule has 170 valence electrons. The third-order valence-electron chi connectivity index (χ3n) is 5.47. The van der Waals surface area contributed by atoms with Crippen LogP contribution >= 0.6 is 11.3 Å². The van der Waals surface area contributed by atoms with Crippen LogP contribution in [0.3, 0.4) is 0 Å². The zero-order chi connectivity index (χ0) is 22.8. The van der Waals surface area contributed by atoms with Gasteiger partial charge in [0, 0.05) is 18.4 Å². The summed E-state index contributed by atoms with van der Waals surface area (Å²) in [6, 6.07) is 5.65. The van der Waals surface area contributed by atoms with Crippen LogP contribution in [0.1, 0.15) is 28.1 Å². The van der Waals surface area contributed by atoms with E-state index in [-0.39, 0.29) is 6.10 Å². The fourth-order valence-corrected chi connectivity index (χ4v) is 4.80. The molecule has 33 heavy (non-hydrogen) atoms. The minimum absolute atomic E-state index is 0.00521. The van der Waals surface area contributed by atoms with Crippen LogP contribution in [0.15, 0.2) is 41.5 Å². The number of rotatable bonds is 6. The molecule has 0 bridgehead atoms. The number of ether oxygens (including phenoxy) is 3. The average Bonchev–Trinajstić information content (AvgIpc) is 3.49. The van der Waals surface area contributed by atoms with Crippen LogP contribution in [-0.4, -0.2) is 47.3 Å². The summed E-state index contributed by atoms with van der Waals surface area (Å²) in [5, 5.41) is 4.11. The van der Waals surface area contributed by atoms with Gasteiger partial charge in [0.2, 0.25) is 5.88 Å². The molecule has 0 unspecified atom stereocenters. The fourth-order valence-electron chi connectivity index (χ4n) is 3.73. The Hall–Kier alpha value is -3.50. The van der Waals surface area contributed by atoms with Crippen LogP contribution < -0.4 is 10.1 Å². The molecule has 1 N–H and O–H groups in total. The number of carbonyl (C=O) groups excluding carboxylic acids is 1. The number of aryl methyl sites for hydroxylation is 1. The number of nitrogens with one attached hydrogen (secondary N) is 1. The fraction of sp³-hybridized carbons (Fsp3) is 0.304. The van der Waals surface area contributed by atoms with Crippen molar-refractivity contribution in [2.24, 2.45) is 0 Å². The number of methoxy groups -OCH3 is 1. The summed E-state index contributed by atoms with van der Waals surface area (Å²) < 4.78 is 21.9. The Morgan fingerprint density at radius 3 is 2.82 bits per heavy atom. The summed E-state index contributed by atoms with van der Waals surface area (Å²) in [6.07, 6.45) is 6.31. The molecule has 0 radical (unpaired) electrons. The molecule has 4 aromatic heterocycles. The second-order valence-electron chi connectivity index (χ2n) is 7.57. The van der Waals surface area contributed by atoms with Crippen LogP contribution in [-0.2, 0) is 9.47 Å². The molecule has 1 aliphatic heterocycles. The number of hydrogen-bond donors (Lipinski definition) is 1. The Balaban J connectivity index is 1.54. The number of nitrogens with zero attached hydrogens (tertiary/aromatic N) is 3. The van der Waals surface area contributed by atoms with Gasteiger partial charge >= 0.3 is 5.97 Å². The van der Waals surface area contributed by atoms with Gasteiger partial charge in [0.1, 0.15) is 33.6 Å². The number of furan rings is 1. The molecule has 1 fully saturated rings. The van der Waals surface area contributed by atoms with Gasteiger partial charge in [-0.2, -0.15) is 0 Å². The van der Waals surface area contributed by atoms with Crippen LogP contribution in [0.4, 0.5) is 11.5 Å². The van der Waals surface area contributed by atoms with Crippen molar-refractivity contribution in [3.63, 3.8) is 0 Å². The maximum absolute atomic E-state index is 12.2. The largest absolute Gasteiger partial charge is 0.473 e. The van der Waals surface area contributed by atoms with Crippen molar-refractivity contribution in [3.05, 3.63) is 47.5 Å². The Morgan fingerprint density at radius 2 is 2.06 bits per heavy atom. The first-order valence-corrected chi connectivity index (χ1v) is 11.3. The summed E-state index contributed by atoms with van der Waals surface area (Å²) in [5.74, 6) is 0.642. The van der Waals surface area contributed by atoms with E-state index in [2.05, 4.69) is 15.3 Å². The van der Waals surface area contributed by atoms with Gasteiger partial charge in [-0.25, -0.2) is 19.7 Å². The number of anilines is 2. The number of thiophene rings is 1. The zero-order valence-corrected chi connectivity index (χ0v) is 19.0. The highest BCUT2D eigenvalue weighted by Gasteiger charge is 2.22. The van der Waals surface area contributed by atoms with Gasteiger partial charge in [0.25, 0.3) is 0 Å². The molecule has 10 heteroatoms. The van der Waals surface area contributed by atoms with Crippen LogP contribution in [0.25, 0.3) is 21.5 Å². The third-order valence-corrected chi connectivity index (χ3v) is 6.65. The Morgan fingerprint density at radius 1 is 1.21 bits per heavy atom. The lowest BCUT2D eigenvalue weighted by atomic mass is 10.1. The molecule has 0 aliphatic carbocycles. The number of hydrogen-bond acceptors (Lipinski definition) is 10. The average molecular weight is 467 g/mol. The second-order valence-corrected chi connectivity index (χ2v) is 8.57.